The smallest absolute Gasteiger partial charge is 0.237 e. The summed E-state index contributed by atoms with van der Waals surface area (Å²) in [5.41, 5.74) is 4.88. The molecule has 2 heterocycles. The molecule has 0 radical (unpaired) electrons. The number of hydrogen-bond acceptors (Lipinski definition) is 4. The van der Waals surface area contributed by atoms with Crippen molar-refractivity contribution < 1.29 is 9.59 Å². The molecule has 0 aromatic carbocycles. The van der Waals surface area contributed by atoms with Gasteiger partial charge in [-0.25, -0.2) is 0 Å². The molecule has 1 saturated carbocycles. The molecular formula is C16H23N3O2S. The van der Waals surface area contributed by atoms with Gasteiger partial charge in [-0.3, -0.25) is 14.9 Å². The lowest BCUT2D eigenvalue weighted by Crippen LogP contribution is -2.56. The molecule has 0 bridgehead atoms. The van der Waals surface area contributed by atoms with E-state index in [1.165, 1.54) is 4.88 Å². The zero-order valence-electron chi connectivity index (χ0n) is 12.7. The summed E-state index contributed by atoms with van der Waals surface area (Å²) in [7, 11) is 0. The Morgan fingerprint density at radius 2 is 2.14 bits per heavy atom. The number of rotatable bonds is 5. The minimum Gasteiger partial charge on any atom is -0.368 e. The Morgan fingerprint density at radius 1 is 1.36 bits per heavy atom. The summed E-state index contributed by atoms with van der Waals surface area (Å²) >= 11 is 1.70. The fourth-order valence-corrected chi connectivity index (χ4v) is 4.55. The minimum atomic E-state index is -0.673. The van der Waals surface area contributed by atoms with Crippen molar-refractivity contribution in [2.75, 3.05) is 13.1 Å². The van der Waals surface area contributed by atoms with Crippen molar-refractivity contribution in [2.45, 2.75) is 50.1 Å². The molecule has 22 heavy (non-hydrogen) atoms. The van der Waals surface area contributed by atoms with Crippen molar-refractivity contribution in [1.82, 2.24) is 10.2 Å². The van der Waals surface area contributed by atoms with Gasteiger partial charge in [-0.05, 0) is 37.1 Å². The average molecular weight is 321 g/mol. The van der Waals surface area contributed by atoms with E-state index in [2.05, 4.69) is 16.8 Å². The topological polar surface area (TPSA) is 75.4 Å². The Hall–Kier alpha value is -1.40. The first-order valence-corrected chi connectivity index (χ1v) is 8.88. The van der Waals surface area contributed by atoms with E-state index in [0.29, 0.717) is 0 Å². The van der Waals surface area contributed by atoms with Crippen LogP contribution in [-0.2, 0) is 9.59 Å². The van der Waals surface area contributed by atoms with E-state index in [1.807, 2.05) is 11.0 Å². The van der Waals surface area contributed by atoms with E-state index in [0.717, 1.165) is 45.1 Å². The molecule has 2 fully saturated rings. The summed E-state index contributed by atoms with van der Waals surface area (Å²) in [6, 6.07) is 4.32. The first-order valence-electron chi connectivity index (χ1n) is 8.00. The third-order valence-electron chi connectivity index (χ3n) is 4.95. The molecule has 1 atom stereocenters. The monoisotopic (exact) mass is 321 g/mol. The number of amides is 2. The van der Waals surface area contributed by atoms with Crippen LogP contribution in [0.3, 0.4) is 0 Å². The molecule has 3 N–H and O–H groups in total. The maximum Gasteiger partial charge on any atom is 0.237 e. The number of primary amides is 1. The predicted octanol–water partition coefficient (Wildman–Crippen LogP) is 1.80. The number of likely N-dealkylation sites (tertiary alicyclic amines) is 1. The molecule has 0 unspecified atom stereocenters. The minimum absolute atomic E-state index is 0.0726. The van der Waals surface area contributed by atoms with Gasteiger partial charge < -0.3 is 10.6 Å². The molecule has 0 spiro atoms. The molecule has 3 rings (SSSR count). The van der Waals surface area contributed by atoms with Crippen LogP contribution in [0.1, 0.15) is 49.4 Å². The maximum absolute atomic E-state index is 12.6. The van der Waals surface area contributed by atoms with Crippen LogP contribution in [0.5, 0.6) is 0 Å². The second-order valence-corrected chi connectivity index (χ2v) is 7.25. The molecule has 6 heteroatoms. The first-order chi connectivity index (χ1) is 10.6. The second kappa shape index (κ2) is 6.38. The third-order valence-corrected chi connectivity index (χ3v) is 5.93. The van der Waals surface area contributed by atoms with Crippen LogP contribution in [0.4, 0.5) is 0 Å². The van der Waals surface area contributed by atoms with Gasteiger partial charge >= 0.3 is 0 Å². The molecule has 1 saturated heterocycles. The highest BCUT2D eigenvalue weighted by atomic mass is 32.1. The molecule has 1 aromatic rings. The van der Waals surface area contributed by atoms with Crippen molar-refractivity contribution in [3.8, 4) is 0 Å². The number of carbonyl (C=O) groups is 2. The lowest BCUT2D eigenvalue weighted by atomic mass is 9.97. The van der Waals surface area contributed by atoms with Gasteiger partial charge in [-0.15, -0.1) is 11.3 Å². The van der Waals surface area contributed by atoms with Crippen molar-refractivity contribution in [3.05, 3.63) is 22.4 Å². The Morgan fingerprint density at radius 3 is 2.77 bits per heavy atom. The van der Waals surface area contributed by atoms with Crippen LogP contribution in [0.25, 0.3) is 0 Å². The summed E-state index contributed by atoms with van der Waals surface area (Å²) in [6.45, 7) is 0.997. The van der Waals surface area contributed by atoms with Crippen molar-refractivity contribution in [2.24, 2.45) is 5.73 Å². The molecule has 2 amide bonds. The summed E-state index contributed by atoms with van der Waals surface area (Å²) in [4.78, 5) is 27.5. The Balaban J connectivity index is 1.63. The maximum atomic E-state index is 12.6. The van der Waals surface area contributed by atoms with Crippen molar-refractivity contribution >= 4 is 23.2 Å². The molecular weight excluding hydrogens is 298 g/mol. The highest BCUT2D eigenvalue weighted by molar-refractivity contribution is 7.10. The lowest BCUT2D eigenvalue weighted by Gasteiger charge is -2.29. The highest BCUT2D eigenvalue weighted by Gasteiger charge is 2.40. The number of nitrogens with one attached hydrogen (secondary N) is 1. The van der Waals surface area contributed by atoms with Crippen molar-refractivity contribution in [3.63, 3.8) is 0 Å². The standard InChI is InChI=1S/C16H23N3O2S/c17-15(21)16(7-1-2-8-16)18-11-14(20)19-9-3-5-12(19)13-6-4-10-22-13/h4,6,10,12,18H,1-3,5,7-9,11H2,(H2,17,21)/t12-/m1/s1. The van der Waals surface area contributed by atoms with Crippen LogP contribution in [-0.4, -0.2) is 35.3 Å². The molecule has 1 aliphatic carbocycles. The van der Waals surface area contributed by atoms with E-state index >= 15 is 0 Å². The van der Waals surface area contributed by atoms with E-state index in [1.54, 1.807) is 11.3 Å². The molecule has 2 aliphatic rings. The SMILES string of the molecule is NC(=O)C1(NCC(=O)N2CCC[C@@H]2c2cccs2)CCCC1. The van der Waals surface area contributed by atoms with Gasteiger partial charge in [0.1, 0.15) is 0 Å². The van der Waals surface area contributed by atoms with Crippen LogP contribution in [0, 0.1) is 0 Å². The van der Waals surface area contributed by atoms with E-state index in [-0.39, 0.29) is 24.4 Å². The van der Waals surface area contributed by atoms with Gasteiger partial charge in [-0.2, -0.15) is 0 Å². The van der Waals surface area contributed by atoms with Gasteiger partial charge in [-0.1, -0.05) is 18.9 Å². The van der Waals surface area contributed by atoms with Gasteiger partial charge in [0.2, 0.25) is 11.8 Å². The second-order valence-electron chi connectivity index (χ2n) is 6.27. The number of carbonyl (C=O) groups excluding carboxylic acids is 2. The Labute approximate surface area is 134 Å². The summed E-state index contributed by atoms with van der Waals surface area (Å²) < 4.78 is 0. The normalized spacial score (nSPS) is 23.8. The van der Waals surface area contributed by atoms with Gasteiger partial charge in [0.25, 0.3) is 0 Å². The summed E-state index contributed by atoms with van der Waals surface area (Å²) in [5.74, 6) is -0.252. The fourth-order valence-electron chi connectivity index (χ4n) is 3.68. The third kappa shape index (κ3) is 2.90. The molecule has 1 aromatic heterocycles. The number of hydrogen-bond donors (Lipinski definition) is 2. The number of thiophene rings is 1. The summed E-state index contributed by atoms with van der Waals surface area (Å²) in [6.07, 6.45) is 5.52. The van der Waals surface area contributed by atoms with Crippen LogP contribution in [0.15, 0.2) is 17.5 Å². The largest absolute Gasteiger partial charge is 0.368 e. The van der Waals surface area contributed by atoms with Gasteiger partial charge in [0.05, 0.1) is 18.1 Å². The highest BCUT2D eigenvalue weighted by Crippen LogP contribution is 2.34. The lowest BCUT2D eigenvalue weighted by molar-refractivity contribution is -0.132. The average Bonchev–Trinajstić information content (AvgIpc) is 3.24. The quantitative estimate of drug-likeness (QED) is 0.868. The molecule has 120 valence electrons. The van der Waals surface area contributed by atoms with Crippen LogP contribution < -0.4 is 11.1 Å². The summed E-state index contributed by atoms with van der Waals surface area (Å²) in [5, 5.41) is 5.23. The zero-order valence-corrected chi connectivity index (χ0v) is 13.5. The van der Waals surface area contributed by atoms with Crippen molar-refractivity contribution in [1.29, 1.82) is 0 Å². The van der Waals surface area contributed by atoms with Crippen LogP contribution in [0.2, 0.25) is 0 Å². The van der Waals surface area contributed by atoms with Gasteiger partial charge in [0.15, 0.2) is 0 Å². The van der Waals surface area contributed by atoms with Gasteiger partial charge in [0, 0.05) is 11.4 Å². The first kappa shape index (κ1) is 15.5. The number of nitrogens with zero attached hydrogens (tertiary/aromatic N) is 1. The Kier molecular flexibility index (Phi) is 4.49. The predicted molar refractivity (Wildman–Crippen MR) is 86.4 cm³/mol. The molecule has 1 aliphatic heterocycles. The van der Waals surface area contributed by atoms with Crippen LogP contribution >= 0.6 is 11.3 Å². The molecule has 5 nitrogen and oxygen atoms in total. The van der Waals surface area contributed by atoms with E-state index < -0.39 is 5.54 Å². The fraction of sp³-hybridized carbons (Fsp3) is 0.625. The number of nitrogens with two attached hydrogens (primary N) is 1. The zero-order chi connectivity index (χ0) is 15.6. The Bertz CT molecular complexity index is 538. The van der Waals surface area contributed by atoms with E-state index in [9.17, 15) is 9.59 Å². The van der Waals surface area contributed by atoms with E-state index in [4.69, 9.17) is 5.73 Å².